The maximum atomic E-state index is 11.2. The second-order valence-corrected chi connectivity index (χ2v) is 6.29. The first-order chi connectivity index (χ1) is 9.14. The van der Waals surface area contributed by atoms with Gasteiger partial charge in [-0.1, -0.05) is 79.1 Å². The number of aliphatic hydroxyl groups is 1. The summed E-state index contributed by atoms with van der Waals surface area (Å²) in [5.41, 5.74) is -0.379. The van der Waals surface area contributed by atoms with Gasteiger partial charge < -0.3 is 11.3 Å². The summed E-state index contributed by atoms with van der Waals surface area (Å²) in [4.78, 5) is 0. The molecule has 20 heavy (non-hydrogen) atoms. The minimum Gasteiger partial charge on any atom is -0.390 e. The van der Waals surface area contributed by atoms with Crippen molar-refractivity contribution >= 4 is 0 Å². The van der Waals surface area contributed by atoms with E-state index in [0.29, 0.717) is 5.92 Å². The molecule has 124 valence electrons. The molecule has 4 N–H and O–H groups in total. The van der Waals surface area contributed by atoms with Crippen LogP contribution in [0.2, 0.25) is 0 Å². The topological polar surface area (TPSA) is 55.2 Å². The van der Waals surface area contributed by atoms with Gasteiger partial charge in [0.2, 0.25) is 0 Å². The molecule has 0 fully saturated rings. The van der Waals surface area contributed by atoms with Crippen molar-refractivity contribution in [3.63, 3.8) is 0 Å². The fraction of sp³-hybridized carbons (Fsp3) is 1.00. The molecule has 0 spiro atoms. The molecule has 2 heteroatoms. The smallest absolute Gasteiger partial charge is 0.0675 e. The van der Waals surface area contributed by atoms with Crippen LogP contribution in [0.3, 0.4) is 0 Å². The second-order valence-electron chi connectivity index (χ2n) is 6.29. The first-order valence-corrected chi connectivity index (χ1v) is 8.86. The van der Waals surface area contributed by atoms with E-state index in [4.69, 9.17) is 0 Å². The zero-order valence-electron chi connectivity index (χ0n) is 14.7. The third-order valence-corrected chi connectivity index (χ3v) is 4.50. The van der Waals surface area contributed by atoms with Gasteiger partial charge in [-0.2, -0.15) is 0 Å². The third kappa shape index (κ3) is 8.97. The molecular formula is C18H41NO. The highest BCUT2D eigenvalue weighted by molar-refractivity contribution is 4.86. The molecule has 0 saturated carbocycles. The Bertz CT molecular complexity index is 178. The molecule has 0 aromatic heterocycles. The summed E-state index contributed by atoms with van der Waals surface area (Å²) in [7, 11) is 0. The first-order valence-electron chi connectivity index (χ1n) is 8.86. The molecule has 0 amide bonds. The van der Waals surface area contributed by atoms with Crippen LogP contribution in [0.25, 0.3) is 0 Å². The zero-order valence-corrected chi connectivity index (χ0v) is 14.7. The molecule has 0 aliphatic carbocycles. The highest BCUT2D eigenvalue weighted by atomic mass is 16.3. The Hall–Kier alpha value is -0.0800. The van der Waals surface area contributed by atoms with Crippen molar-refractivity contribution in [2.45, 2.75) is 110 Å². The lowest BCUT2D eigenvalue weighted by molar-refractivity contribution is -0.0448. The van der Waals surface area contributed by atoms with Gasteiger partial charge in [-0.25, -0.2) is 0 Å². The minimum atomic E-state index is -0.379. The average Bonchev–Trinajstić information content (AvgIpc) is 2.43. The van der Waals surface area contributed by atoms with E-state index in [9.17, 15) is 5.11 Å². The maximum absolute atomic E-state index is 11.2. The summed E-state index contributed by atoms with van der Waals surface area (Å²) in [5.74, 6) is 0.533. The lowest BCUT2D eigenvalue weighted by Gasteiger charge is -2.37. The molecule has 0 aromatic rings. The van der Waals surface area contributed by atoms with Crippen LogP contribution in [0.5, 0.6) is 0 Å². The molecule has 0 atom stereocenters. The van der Waals surface area contributed by atoms with Crippen molar-refractivity contribution < 1.29 is 5.11 Å². The van der Waals surface area contributed by atoms with Crippen molar-refractivity contribution in [1.82, 2.24) is 6.15 Å². The fourth-order valence-electron chi connectivity index (χ4n) is 3.08. The number of hydrogen-bond donors (Lipinski definition) is 2. The largest absolute Gasteiger partial charge is 0.390 e. The van der Waals surface area contributed by atoms with Gasteiger partial charge >= 0.3 is 0 Å². The Morgan fingerprint density at radius 1 is 0.700 bits per heavy atom. The van der Waals surface area contributed by atoms with Crippen molar-refractivity contribution in [2.24, 2.45) is 5.92 Å². The summed E-state index contributed by atoms with van der Waals surface area (Å²) in [6, 6.07) is 0. The maximum Gasteiger partial charge on any atom is 0.0675 e. The molecule has 0 aliphatic heterocycles. The van der Waals surface area contributed by atoms with Crippen molar-refractivity contribution in [1.29, 1.82) is 0 Å². The van der Waals surface area contributed by atoms with Crippen LogP contribution in [-0.4, -0.2) is 10.7 Å². The highest BCUT2D eigenvalue weighted by Gasteiger charge is 2.34. The zero-order chi connectivity index (χ0) is 14.6. The van der Waals surface area contributed by atoms with E-state index in [2.05, 4.69) is 27.7 Å². The molecule has 0 radical (unpaired) electrons. The first kappa shape index (κ1) is 22.2. The van der Waals surface area contributed by atoms with Gasteiger partial charge in [-0.05, 0) is 31.6 Å². The van der Waals surface area contributed by atoms with Gasteiger partial charge in [0.05, 0.1) is 5.60 Å². The quantitative estimate of drug-likeness (QED) is 0.420. The predicted molar refractivity (Wildman–Crippen MR) is 91.6 cm³/mol. The molecule has 0 unspecified atom stereocenters. The fourth-order valence-corrected chi connectivity index (χ4v) is 3.08. The van der Waals surface area contributed by atoms with Gasteiger partial charge in [0.15, 0.2) is 0 Å². The van der Waals surface area contributed by atoms with E-state index >= 15 is 0 Å². The lowest BCUT2D eigenvalue weighted by atomic mass is 9.74. The Kier molecular flexibility index (Phi) is 15.4. The van der Waals surface area contributed by atoms with Crippen LogP contribution < -0.4 is 6.15 Å². The average molecular weight is 288 g/mol. The van der Waals surface area contributed by atoms with Crippen LogP contribution in [-0.2, 0) is 0 Å². The van der Waals surface area contributed by atoms with E-state index in [1.54, 1.807) is 0 Å². The van der Waals surface area contributed by atoms with Crippen molar-refractivity contribution in [3.05, 3.63) is 0 Å². The Morgan fingerprint density at radius 2 is 1.05 bits per heavy atom. The van der Waals surface area contributed by atoms with Crippen LogP contribution in [0.1, 0.15) is 105 Å². The van der Waals surface area contributed by atoms with E-state index in [1.165, 1.54) is 64.2 Å². The number of hydrogen-bond acceptors (Lipinski definition) is 2. The molecule has 0 rings (SSSR count). The molecule has 0 aliphatic rings. The number of unbranched alkanes of at least 4 members (excludes halogenated alkanes) is 4. The Balaban J connectivity index is 0. The lowest BCUT2D eigenvalue weighted by Crippen LogP contribution is -2.38. The normalized spacial score (nSPS) is 11.7. The Labute approximate surface area is 128 Å². The second kappa shape index (κ2) is 13.9. The van der Waals surface area contributed by atoms with Crippen LogP contribution in [0.4, 0.5) is 0 Å². The summed E-state index contributed by atoms with van der Waals surface area (Å²) in [6.45, 7) is 8.97. The van der Waals surface area contributed by atoms with Crippen molar-refractivity contribution in [2.75, 3.05) is 0 Å². The van der Waals surface area contributed by atoms with Gasteiger partial charge in [-0.15, -0.1) is 0 Å². The molecule has 2 nitrogen and oxygen atoms in total. The van der Waals surface area contributed by atoms with E-state index in [1.807, 2.05) is 0 Å². The summed E-state index contributed by atoms with van der Waals surface area (Å²) in [5, 5.41) is 11.2. The van der Waals surface area contributed by atoms with Crippen LogP contribution in [0, 0.1) is 5.92 Å². The molecule has 0 heterocycles. The molecule has 0 saturated heterocycles. The van der Waals surface area contributed by atoms with Gasteiger partial charge in [0.25, 0.3) is 0 Å². The van der Waals surface area contributed by atoms with E-state index in [-0.39, 0.29) is 11.8 Å². The summed E-state index contributed by atoms with van der Waals surface area (Å²) < 4.78 is 0. The van der Waals surface area contributed by atoms with E-state index in [0.717, 1.165) is 12.8 Å². The minimum absolute atomic E-state index is 0. The Morgan fingerprint density at radius 3 is 1.35 bits per heavy atom. The molecular weight excluding hydrogens is 246 g/mol. The van der Waals surface area contributed by atoms with Crippen molar-refractivity contribution in [3.8, 4) is 0 Å². The highest BCUT2D eigenvalue weighted by Crippen LogP contribution is 2.36. The summed E-state index contributed by atoms with van der Waals surface area (Å²) in [6.07, 6.45) is 14.3. The standard InChI is InChI=1S/C18H38O.H3N/c1-5-9-13-17(14-10-6-2)18(19,15-11-7-3)16-12-8-4;/h17,19H,5-16H2,1-4H3;1H3. The third-order valence-electron chi connectivity index (χ3n) is 4.50. The SMILES string of the molecule is CCCCC(CCCC)C(O)(CCCC)CCCC.N. The summed E-state index contributed by atoms with van der Waals surface area (Å²) >= 11 is 0. The van der Waals surface area contributed by atoms with Gasteiger partial charge in [0, 0.05) is 0 Å². The number of rotatable bonds is 13. The molecule has 0 bridgehead atoms. The molecule has 0 aromatic carbocycles. The van der Waals surface area contributed by atoms with E-state index < -0.39 is 0 Å². The van der Waals surface area contributed by atoms with Gasteiger partial charge in [-0.3, -0.25) is 0 Å². The van der Waals surface area contributed by atoms with Crippen LogP contribution >= 0.6 is 0 Å². The predicted octanol–water partition coefficient (Wildman–Crippen LogP) is 6.26. The van der Waals surface area contributed by atoms with Crippen LogP contribution in [0.15, 0.2) is 0 Å². The van der Waals surface area contributed by atoms with Gasteiger partial charge in [0.1, 0.15) is 0 Å². The monoisotopic (exact) mass is 287 g/mol.